The Morgan fingerprint density at radius 2 is 1.60 bits per heavy atom. The predicted octanol–water partition coefficient (Wildman–Crippen LogP) is 2.53. The summed E-state index contributed by atoms with van der Waals surface area (Å²) in [5.74, 6) is 1.44. The van der Waals surface area contributed by atoms with Crippen LogP contribution in [0.25, 0.3) is 0 Å². The van der Waals surface area contributed by atoms with E-state index in [2.05, 4.69) is 33.0 Å². The van der Waals surface area contributed by atoms with Crippen LogP contribution in [0.15, 0.2) is 0 Å². The summed E-state index contributed by atoms with van der Waals surface area (Å²) in [5, 5.41) is 3.79. The molecule has 1 fully saturated rings. The molecule has 0 heterocycles. The number of nitrogens with one attached hydrogen (secondary N) is 1. The normalized spacial score (nSPS) is 17.8. The van der Waals surface area contributed by atoms with Crippen LogP contribution in [-0.2, 0) is 0 Å². The average Bonchev–Trinajstić information content (AvgIpc) is 2.85. The molecule has 2 nitrogen and oxygen atoms in total. The lowest BCUT2D eigenvalue weighted by atomic mass is 9.81. The molecular formula is C13H28N2. The Balaban J connectivity index is 2.59. The summed E-state index contributed by atoms with van der Waals surface area (Å²) < 4.78 is 0. The van der Waals surface area contributed by atoms with Gasteiger partial charge in [0.05, 0.1) is 0 Å². The maximum atomic E-state index is 6.02. The molecule has 0 aromatic rings. The third-order valence-electron chi connectivity index (χ3n) is 3.08. The van der Waals surface area contributed by atoms with Crippen LogP contribution in [0.5, 0.6) is 0 Å². The summed E-state index contributed by atoms with van der Waals surface area (Å²) in [5.41, 5.74) is 6.22. The van der Waals surface area contributed by atoms with E-state index in [-0.39, 0.29) is 5.54 Å². The van der Waals surface area contributed by atoms with Crippen molar-refractivity contribution in [1.82, 2.24) is 5.32 Å². The van der Waals surface area contributed by atoms with Gasteiger partial charge in [0.15, 0.2) is 0 Å². The molecule has 0 amide bonds. The molecule has 0 bridgehead atoms. The second kappa shape index (κ2) is 5.31. The zero-order chi connectivity index (χ0) is 11.5. The van der Waals surface area contributed by atoms with E-state index in [1.165, 1.54) is 25.7 Å². The fourth-order valence-corrected chi connectivity index (χ4v) is 2.65. The van der Waals surface area contributed by atoms with Gasteiger partial charge in [0.25, 0.3) is 0 Å². The molecule has 0 radical (unpaired) electrons. The number of hydrogen-bond donors (Lipinski definition) is 2. The standard InChI is InChI=1S/C13H28N2/c1-10(2)7-13(9-14,8-11(3)4)15-12-5-6-12/h10-12,15H,5-9,14H2,1-4H3. The van der Waals surface area contributed by atoms with Gasteiger partial charge in [-0.05, 0) is 37.5 Å². The SMILES string of the molecule is CC(C)CC(CN)(CC(C)C)NC1CC1. The maximum Gasteiger partial charge on any atom is 0.0311 e. The van der Waals surface area contributed by atoms with Crippen LogP contribution in [0.3, 0.4) is 0 Å². The first-order valence-corrected chi connectivity index (χ1v) is 6.45. The molecule has 0 saturated heterocycles. The number of nitrogens with two attached hydrogens (primary N) is 1. The van der Waals surface area contributed by atoms with E-state index in [0.29, 0.717) is 0 Å². The molecule has 1 aliphatic carbocycles. The third-order valence-corrected chi connectivity index (χ3v) is 3.08. The van der Waals surface area contributed by atoms with E-state index in [4.69, 9.17) is 5.73 Å². The van der Waals surface area contributed by atoms with Gasteiger partial charge in [-0.15, -0.1) is 0 Å². The van der Waals surface area contributed by atoms with E-state index in [1.807, 2.05) is 0 Å². The van der Waals surface area contributed by atoms with Crippen molar-refractivity contribution in [3.63, 3.8) is 0 Å². The Labute approximate surface area is 95.0 Å². The largest absolute Gasteiger partial charge is 0.329 e. The van der Waals surface area contributed by atoms with Crippen LogP contribution in [0.2, 0.25) is 0 Å². The lowest BCUT2D eigenvalue weighted by Gasteiger charge is -2.37. The highest BCUT2D eigenvalue weighted by atomic mass is 15.1. The van der Waals surface area contributed by atoms with Gasteiger partial charge in [-0.2, -0.15) is 0 Å². The summed E-state index contributed by atoms with van der Waals surface area (Å²) in [6.07, 6.45) is 5.10. The van der Waals surface area contributed by atoms with Gasteiger partial charge >= 0.3 is 0 Å². The molecular weight excluding hydrogens is 184 g/mol. The second-order valence-corrected chi connectivity index (χ2v) is 6.10. The Hall–Kier alpha value is -0.0800. The molecule has 0 aromatic heterocycles. The van der Waals surface area contributed by atoms with Crippen molar-refractivity contribution in [1.29, 1.82) is 0 Å². The molecule has 0 atom stereocenters. The van der Waals surface area contributed by atoms with Crippen molar-refractivity contribution in [2.45, 2.75) is 65.0 Å². The molecule has 1 saturated carbocycles. The summed E-state index contributed by atoms with van der Waals surface area (Å²) in [6, 6.07) is 0.756. The van der Waals surface area contributed by atoms with Crippen LogP contribution in [0, 0.1) is 11.8 Å². The van der Waals surface area contributed by atoms with Gasteiger partial charge in [-0.1, -0.05) is 27.7 Å². The molecule has 1 rings (SSSR count). The van der Waals surface area contributed by atoms with Crippen LogP contribution in [0.4, 0.5) is 0 Å². The average molecular weight is 212 g/mol. The van der Waals surface area contributed by atoms with Gasteiger partial charge in [0.2, 0.25) is 0 Å². The fourth-order valence-electron chi connectivity index (χ4n) is 2.65. The van der Waals surface area contributed by atoms with Crippen LogP contribution in [0.1, 0.15) is 53.4 Å². The Morgan fingerprint density at radius 3 is 1.87 bits per heavy atom. The highest BCUT2D eigenvalue weighted by Crippen LogP contribution is 2.30. The number of hydrogen-bond acceptors (Lipinski definition) is 2. The lowest BCUT2D eigenvalue weighted by Crippen LogP contribution is -2.53. The zero-order valence-corrected chi connectivity index (χ0v) is 10.8. The van der Waals surface area contributed by atoms with E-state index >= 15 is 0 Å². The molecule has 15 heavy (non-hydrogen) atoms. The Morgan fingerprint density at radius 1 is 1.13 bits per heavy atom. The van der Waals surface area contributed by atoms with Crippen LogP contribution in [-0.4, -0.2) is 18.1 Å². The zero-order valence-electron chi connectivity index (χ0n) is 10.8. The molecule has 1 aliphatic rings. The highest BCUT2D eigenvalue weighted by Gasteiger charge is 2.35. The summed E-state index contributed by atoms with van der Waals surface area (Å²) in [6.45, 7) is 9.94. The van der Waals surface area contributed by atoms with Gasteiger partial charge in [0, 0.05) is 18.1 Å². The molecule has 0 aromatic carbocycles. The molecule has 0 unspecified atom stereocenters. The minimum atomic E-state index is 0.198. The topological polar surface area (TPSA) is 38.0 Å². The van der Waals surface area contributed by atoms with Crippen LogP contribution < -0.4 is 11.1 Å². The third kappa shape index (κ3) is 4.52. The first-order chi connectivity index (χ1) is 6.97. The van der Waals surface area contributed by atoms with Gasteiger partial charge in [0.1, 0.15) is 0 Å². The van der Waals surface area contributed by atoms with Crippen molar-refractivity contribution >= 4 is 0 Å². The monoisotopic (exact) mass is 212 g/mol. The van der Waals surface area contributed by atoms with Crippen molar-refractivity contribution in [3.8, 4) is 0 Å². The van der Waals surface area contributed by atoms with E-state index in [0.717, 1.165) is 24.4 Å². The van der Waals surface area contributed by atoms with Crippen molar-refractivity contribution in [3.05, 3.63) is 0 Å². The first kappa shape index (κ1) is 13.0. The van der Waals surface area contributed by atoms with E-state index in [9.17, 15) is 0 Å². The second-order valence-electron chi connectivity index (χ2n) is 6.10. The minimum Gasteiger partial charge on any atom is -0.329 e. The quantitative estimate of drug-likeness (QED) is 0.680. The molecule has 90 valence electrons. The minimum absolute atomic E-state index is 0.198. The Bertz CT molecular complexity index is 165. The van der Waals surface area contributed by atoms with Gasteiger partial charge < -0.3 is 11.1 Å². The number of rotatable bonds is 7. The maximum absolute atomic E-state index is 6.02. The van der Waals surface area contributed by atoms with Crippen molar-refractivity contribution in [2.24, 2.45) is 17.6 Å². The Kier molecular flexibility index (Phi) is 4.60. The molecule has 2 heteroatoms. The molecule has 0 aliphatic heterocycles. The van der Waals surface area contributed by atoms with E-state index in [1.54, 1.807) is 0 Å². The molecule has 0 spiro atoms. The summed E-state index contributed by atoms with van der Waals surface area (Å²) >= 11 is 0. The van der Waals surface area contributed by atoms with Crippen molar-refractivity contribution < 1.29 is 0 Å². The van der Waals surface area contributed by atoms with Gasteiger partial charge in [-0.25, -0.2) is 0 Å². The predicted molar refractivity (Wildman–Crippen MR) is 66.9 cm³/mol. The van der Waals surface area contributed by atoms with Crippen LogP contribution >= 0.6 is 0 Å². The van der Waals surface area contributed by atoms with Crippen molar-refractivity contribution in [2.75, 3.05) is 6.54 Å². The van der Waals surface area contributed by atoms with E-state index < -0.39 is 0 Å². The highest BCUT2D eigenvalue weighted by molar-refractivity contribution is 4.97. The first-order valence-electron chi connectivity index (χ1n) is 6.45. The molecule has 3 N–H and O–H groups in total. The smallest absolute Gasteiger partial charge is 0.0311 e. The summed E-state index contributed by atoms with van der Waals surface area (Å²) in [4.78, 5) is 0. The summed E-state index contributed by atoms with van der Waals surface area (Å²) in [7, 11) is 0. The lowest BCUT2D eigenvalue weighted by molar-refractivity contribution is 0.227. The fraction of sp³-hybridized carbons (Fsp3) is 1.00. The van der Waals surface area contributed by atoms with Gasteiger partial charge in [-0.3, -0.25) is 0 Å².